The number of nitrogens with zero attached hydrogens (tertiary/aromatic N) is 4. The summed E-state index contributed by atoms with van der Waals surface area (Å²) in [6, 6.07) is 5.75. The molecule has 0 saturated carbocycles. The van der Waals surface area contributed by atoms with E-state index in [0.717, 1.165) is 42.9 Å². The molecule has 0 spiro atoms. The molecule has 0 bridgehead atoms. The van der Waals surface area contributed by atoms with Gasteiger partial charge in [-0.15, -0.1) is 0 Å². The third kappa shape index (κ3) is 8.63. The Balaban J connectivity index is 1.65. The summed E-state index contributed by atoms with van der Waals surface area (Å²) in [4.78, 5) is 38.0. The molecular weight excluding hydrogens is 498 g/mol. The second-order valence-corrected chi connectivity index (χ2v) is 10.3. The second-order valence-electron chi connectivity index (χ2n) is 10.3. The van der Waals surface area contributed by atoms with Crippen molar-refractivity contribution in [3.8, 4) is 11.6 Å². The van der Waals surface area contributed by atoms with Gasteiger partial charge < -0.3 is 29.3 Å². The van der Waals surface area contributed by atoms with Gasteiger partial charge in [-0.2, -0.15) is 0 Å². The molecule has 0 aliphatic carbocycles. The number of aromatic nitrogens is 2. The maximum absolute atomic E-state index is 13.7. The monoisotopic (exact) mass is 541 g/mol. The molecule has 2 amide bonds. The summed E-state index contributed by atoms with van der Waals surface area (Å²) in [7, 11) is 3.39. The predicted molar refractivity (Wildman–Crippen MR) is 149 cm³/mol. The molecule has 1 aliphatic rings. The van der Waals surface area contributed by atoms with Gasteiger partial charge in [0.15, 0.2) is 0 Å². The fourth-order valence-electron chi connectivity index (χ4n) is 4.69. The lowest BCUT2D eigenvalue weighted by Gasteiger charge is -2.32. The minimum atomic E-state index is -0.482. The van der Waals surface area contributed by atoms with E-state index in [9.17, 15) is 9.59 Å². The maximum atomic E-state index is 13.7. The molecule has 10 heteroatoms. The van der Waals surface area contributed by atoms with E-state index in [2.05, 4.69) is 22.2 Å². The number of hydrogen-bond donors (Lipinski definition) is 1. The highest BCUT2D eigenvalue weighted by molar-refractivity contribution is 5.95. The van der Waals surface area contributed by atoms with E-state index in [1.807, 2.05) is 43.9 Å². The van der Waals surface area contributed by atoms with Crippen LogP contribution in [0.4, 0.5) is 4.79 Å². The van der Waals surface area contributed by atoms with Crippen molar-refractivity contribution < 1.29 is 23.8 Å². The molecule has 2 aromatic rings. The number of rotatable bonds is 13. The van der Waals surface area contributed by atoms with Gasteiger partial charge in [-0.05, 0) is 56.7 Å². The van der Waals surface area contributed by atoms with Gasteiger partial charge in [0.1, 0.15) is 5.75 Å². The average Bonchev–Trinajstić information content (AvgIpc) is 3.36. The zero-order valence-corrected chi connectivity index (χ0v) is 24.1. The number of aryl methyl sites for hydroxylation is 2. The SMILES string of the molecule is CCc1ccc(C(=O)N(C[C@@H]2CNC[C@H]2CN(C)C(=O)Oc2cnc(C)cn2)C(C)C)cc1OCCCOC. The topological polar surface area (TPSA) is 106 Å². The van der Waals surface area contributed by atoms with E-state index in [4.69, 9.17) is 14.2 Å². The first-order chi connectivity index (χ1) is 18.7. The molecule has 1 aliphatic heterocycles. The van der Waals surface area contributed by atoms with Crippen LogP contribution in [-0.2, 0) is 11.2 Å². The number of benzene rings is 1. The molecule has 2 heterocycles. The van der Waals surface area contributed by atoms with Gasteiger partial charge in [-0.3, -0.25) is 9.78 Å². The average molecular weight is 542 g/mol. The molecule has 39 heavy (non-hydrogen) atoms. The van der Waals surface area contributed by atoms with Crippen LogP contribution in [-0.4, -0.2) is 91.4 Å². The number of amides is 2. The van der Waals surface area contributed by atoms with Crippen molar-refractivity contribution in [3.05, 3.63) is 47.4 Å². The van der Waals surface area contributed by atoms with E-state index in [0.29, 0.717) is 31.9 Å². The quantitative estimate of drug-likeness (QED) is 0.384. The minimum Gasteiger partial charge on any atom is -0.493 e. The fraction of sp³-hybridized carbons (Fsp3) is 0.586. The highest BCUT2D eigenvalue weighted by Gasteiger charge is 2.33. The Morgan fingerprint density at radius 1 is 1.10 bits per heavy atom. The molecule has 3 rings (SSSR count). The Morgan fingerprint density at radius 2 is 1.85 bits per heavy atom. The van der Waals surface area contributed by atoms with E-state index in [-0.39, 0.29) is 29.7 Å². The summed E-state index contributed by atoms with van der Waals surface area (Å²) in [6.07, 6.45) is 4.13. The van der Waals surface area contributed by atoms with Crippen molar-refractivity contribution in [3.63, 3.8) is 0 Å². The first kappa shape index (κ1) is 30.3. The molecule has 214 valence electrons. The van der Waals surface area contributed by atoms with Crippen LogP contribution in [0, 0.1) is 18.8 Å². The molecule has 1 N–H and O–H groups in total. The number of ether oxygens (including phenoxy) is 3. The fourth-order valence-corrected chi connectivity index (χ4v) is 4.69. The van der Waals surface area contributed by atoms with Crippen LogP contribution < -0.4 is 14.8 Å². The van der Waals surface area contributed by atoms with Gasteiger partial charge in [0, 0.05) is 65.0 Å². The smallest absolute Gasteiger partial charge is 0.416 e. The van der Waals surface area contributed by atoms with Gasteiger partial charge in [0.2, 0.25) is 5.88 Å². The van der Waals surface area contributed by atoms with Crippen LogP contribution >= 0.6 is 0 Å². The maximum Gasteiger partial charge on any atom is 0.416 e. The van der Waals surface area contributed by atoms with E-state index in [1.165, 1.54) is 6.20 Å². The highest BCUT2D eigenvalue weighted by Crippen LogP contribution is 2.25. The van der Waals surface area contributed by atoms with Crippen LogP contribution in [0.15, 0.2) is 30.6 Å². The summed E-state index contributed by atoms with van der Waals surface area (Å²) in [6.45, 7) is 11.7. The lowest BCUT2D eigenvalue weighted by Crippen LogP contribution is -2.44. The Kier molecular flexibility index (Phi) is 11.5. The number of carbonyl (C=O) groups excluding carboxylic acids is 2. The van der Waals surface area contributed by atoms with Crippen LogP contribution in [0.1, 0.15) is 48.8 Å². The molecular formula is C29H43N5O5. The summed E-state index contributed by atoms with van der Waals surface area (Å²) >= 11 is 0. The molecule has 0 unspecified atom stereocenters. The Hall–Kier alpha value is -3.24. The zero-order chi connectivity index (χ0) is 28.4. The summed E-state index contributed by atoms with van der Waals surface area (Å²) in [5.74, 6) is 1.26. The van der Waals surface area contributed by atoms with Crippen molar-refractivity contribution in [2.45, 2.75) is 46.6 Å². The molecule has 1 fully saturated rings. The molecule has 1 aromatic carbocycles. The summed E-state index contributed by atoms with van der Waals surface area (Å²) < 4.78 is 16.5. The van der Waals surface area contributed by atoms with Gasteiger partial charge in [0.25, 0.3) is 5.91 Å². The van der Waals surface area contributed by atoms with Crippen molar-refractivity contribution in [1.82, 2.24) is 25.1 Å². The third-order valence-corrected chi connectivity index (χ3v) is 7.01. The predicted octanol–water partition coefficient (Wildman–Crippen LogP) is 3.58. The van der Waals surface area contributed by atoms with Gasteiger partial charge in [0.05, 0.1) is 24.7 Å². The standard InChI is InChI=1S/C29H43N5O5/c1-7-22-9-10-23(13-26(22)38-12-8-11-37-6)28(35)34(20(2)3)19-25-16-30-15-24(25)18-33(5)29(36)39-27-17-31-21(4)14-32-27/h9-10,13-14,17,20,24-25,30H,7-8,11-12,15-16,18-19H2,1-6H3/t24-,25-/m0/s1. The summed E-state index contributed by atoms with van der Waals surface area (Å²) in [5, 5.41) is 3.43. The van der Waals surface area contributed by atoms with Gasteiger partial charge in [-0.1, -0.05) is 13.0 Å². The highest BCUT2D eigenvalue weighted by atomic mass is 16.6. The molecule has 10 nitrogen and oxygen atoms in total. The van der Waals surface area contributed by atoms with Crippen LogP contribution in [0.25, 0.3) is 0 Å². The van der Waals surface area contributed by atoms with Crippen molar-refractivity contribution >= 4 is 12.0 Å². The first-order valence-corrected chi connectivity index (χ1v) is 13.7. The lowest BCUT2D eigenvalue weighted by atomic mass is 9.94. The summed E-state index contributed by atoms with van der Waals surface area (Å²) in [5.41, 5.74) is 2.44. The number of nitrogens with one attached hydrogen (secondary N) is 1. The largest absolute Gasteiger partial charge is 0.493 e. The Morgan fingerprint density at radius 3 is 2.49 bits per heavy atom. The van der Waals surface area contributed by atoms with Crippen molar-refractivity contribution in [2.75, 3.05) is 53.6 Å². The molecule has 1 saturated heterocycles. The van der Waals surface area contributed by atoms with E-state index >= 15 is 0 Å². The minimum absolute atomic E-state index is 0.0125. The normalized spacial score (nSPS) is 16.8. The van der Waals surface area contributed by atoms with Gasteiger partial charge in [-0.25, -0.2) is 9.78 Å². The number of methoxy groups -OCH3 is 1. The lowest BCUT2D eigenvalue weighted by molar-refractivity contribution is 0.0652. The molecule has 2 atom stereocenters. The van der Waals surface area contributed by atoms with E-state index < -0.39 is 6.09 Å². The second kappa shape index (κ2) is 14.8. The number of hydrogen-bond acceptors (Lipinski definition) is 8. The van der Waals surface area contributed by atoms with Crippen molar-refractivity contribution in [1.29, 1.82) is 0 Å². The third-order valence-electron chi connectivity index (χ3n) is 7.01. The van der Waals surface area contributed by atoms with Gasteiger partial charge >= 0.3 is 6.09 Å². The Labute approximate surface area is 232 Å². The van der Waals surface area contributed by atoms with Crippen molar-refractivity contribution in [2.24, 2.45) is 11.8 Å². The Bertz CT molecular complexity index is 1080. The van der Waals surface area contributed by atoms with Crippen LogP contribution in [0.3, 0.4) is 0 Å². The molecule has 0 radical (unpaired) electrons. The first-order valence-electron chi connectivity index (χ1n) is 13.7. The van der Waals surface area contributed by atoms with E-state index in [1.54, 1.807) is 25.3 Å². The zero-order valence-electron chi connectivity index (χ0n) is 24.1. The number of carbonyl (C=O) groups is 2. The van der Waals surface area contributed by atoms with Crippen LogP contribution in [0.5, 0.6) is 11.6 Å². The van der Waals surface area contributed by atoms with Crippen LogP contribution in [0.2, 0.25) is 0 Å². The molecule has 1 aromatic heterocycles.